The highest BCUT2D eigenvalue weighted by Crippen LogP contribution is 2.48. The van der Waals surface area contributed by atoms with Gasteiger partial charge in [-0.15, -0.1) is 0 Å². The van der Waals surface area contributed by atoms with Gasteiger partial charge in [0, 0.05) is 32.6 Å². The number of hydrogen-bond acceptors (Lipinski definition) is 1. The van der Waals surface area contributed by atoms with Crippen LogP contribution in [-0.2, 0) is 0 Å². The number of fused-ring (bicyclic) bond motifs is 10. The van der Waals surface area contributed by atoms with Gasteiger partial charge in [-0.2, -0.15) is 0 Å². The number of aromatic nitrogens is 3. The Morgan fingerprint density at radius 2 is 0.981 bits per heavy atom. The molecule has 0 saturated heterocycles. The Morgan fingerprint density at radius 3 is 1.81 bits per heavy atom. The zero-order valence-electron chi connectivity index (χ0n) is 28.1. The molecule has 52 heavy (non-hydrogen) atoms. The third-order valence-corrected chi connectivity index (χ3v) is 11.2. The molecule has 8 aromatic carbocycles. The molecule has 1 aliphatic rings. The van der Waals surface area contributed by atoms with Gasteiger partial charge in [0.1, 0.15) is 5.82 Å². The first-order chi connectivity index (χ1) is 25.8. The van der Waals surface area contributed by atoms with Crippen LogP contribution in [0, 0.1) is 0 Å². The molecule has 0 radical (unpaired) electrons. The number of hydrogen-bond donors (Lipinski definition) is 0. The largest absolute Gasteiger partial charge is 0.309 e. The molecule has 11 aromatic rings. The van der Waals surface area contributed by atoms with Gasteiger partial charge >= 0.3 is 0 Å². The number of benzene rings is 8. The molecule has 3 heteroatoms. The first kappa shape index (κ1) is 27.8. The van der Waals surface area contributed by atoms with E-state index < -0.39 is 0 Å². The molecule has 0 fully saturated rings. The van der Waals surface area contributed by atoms with Crippen LogP contribution >= 0.6 is 0 Å². The molecule has 0 aliphatic heterocycles. The van der Waals surface area contributed by atoms with E-state index in [-0.39, 0.29) is 0 Å². The molecule has 0 amide bonds. The van der Waals surface area contributed by atoms with Crippen LogP contribution in [0.25, 0.3) is 110 Å². The minimum atomic E-state index is 0.944. The summed E-state index contributed by atoms with van der Waals surface area (Å²) in [5, 5.41) is 8.70. The molecule has 0 spiro atoms. The van der Waals surface area contributed by atoms with Crippen molar-refractivity contribution < 1.29 is 0 Å². The van der Waals surface area contributed by atoms with Gasteiger partial charge in [0.15, 0.2) is 0 Å². The van der Waals surface area contributed by atoms with Gasteiger partial charge in [0.05, 0.1) is 27.6 Å². The molecule has 0 bridgehead atoms. The van der Waals surface area contributed by atoms with E-state index >= 15 is 0 Å². The lowest BCUT2D eigenvalue weighted by Crippen LogP contribution is -1.98. The summed E-state index contributed by atoms with van der Waals surface area (Å²) in [5.41, 5.74) is 14.5. The molecular weight excluding hydrogens is 631 g/mol. The van der Waals surface area contributed by atoms with Crippen molar-refractivity contribution in [3.05, 3.63) is 176 Å². The van der Waals surface area contributed by atoms with Gasteiger partial charge < -0.3 is 4.57 Å². The maximum absolute atomic E-state index is 5.31. The summed E-state index contributed by atoms with van der Waals surface area (Å²) in [7, 11) is 0. The van der Waals surface area contributed by atoms with Crippen molar-refractivity contribution in [2.45, 2.75) is 0 Å². The Labute approximate surface area is 299 Å². The Morgan fingerprint density at radius 1 is 0.346 bits per heavy atom. The summed E-state index contributed by atoms with van der Waals surface area (Å²) in [6, 6.07) is 64.2. The number of pyridine rings is 1. The minimum absolute atomic E-state index is 0.944. The van der Waals surface area contributed by atoms with E-state index in [0.29, 0.717) is 0 Å². The van der Waals surface area contributed by atoms with E-state index in [0.717, 1.165) is 22.4 Å². The first-order valence-corrected chi connectivity index (χ1v) is 17.9. The van der Waals surface area contributed by atoms with Crippen molar-refractivity contribution >= 4 is 65.3 Å². The van der Waals surface area contributed by atoms with E-state index in [4.69, 9.17) is 4.98 Å². The monoisotopic (exact) mass is 659 g/mol. The zero-order chi connectivity index (χ0) is 33.9. The Kier molecular flexibility index (Phi) is 5.50. The predicted octanol–water partition coefficient (Wildman–Crippen LogP) is 12.9. The highest BCUT2D eigenvalue weighted by Gasteiger charge is 2.24. The van der Waals surface area contributed by atoms with Crippen LogP contribution < -0.4 is 0 Å². The zero-order valence-corrected chi connectivity index (χ0v) is 28.1. The van der Waals surface area contributed by atoms with Crippen LogP contribution in [0.2, 0.25) is 0 Å². The van der Waals surface area contributed by atoms with Crippen molar-refractivity contribution in [1.29, 1.82) is 0 Å². The summed E-state index contributed by atoms with van der Waals surface area (Å²) < 4.78 is 4.73. The highest BCUT2D eigenvalue weighted by molar-refractivity contribution is 6.16. The van der Waals surface area contributed by atoms with Gasteiger partial charge in [-0.1, -0.05) is 109 Å². The fourth-order valence-corrected chi connectivity index (χ4v) is 8.92. The van der Waals surface area contributed by atoms with Crippen LogP contribution in [-0.4, -0.2) is 14.1 Å². The smallest absolute Gasteiger partial charge is 0.138 e. The normalized spacial score (nSPS) is 12.2. The average Bonchev–Trinajstić information content (AvgIpc) is 3.83. The Balaban J connectivity index is 1.04. The molecule has 3 nitrogen and oxygen atoms in total. The van der Waals surface area contributed by atoms with Gasteiger partial charge in [-0.05, 0) is 111 Å². The highest BCUT2D eigenvalue weighted by atomic mass is 15.1. The lowest BCUT2D eigenvalue weighted by molar-refractivity contribution is 1.10. The summed E-state index contributed by atoms with van der Waals surface area (Å²) in [4.78, 5) is 5.31. The van der Waals surface area contributed by atoms with E-state index in [9.17, 15) is 0 Å². The van der Waals surface area contributed by atoms with Gasteiger partial charge in [-0.25, -0.2) is 4.98 Å². The average molecular weight is 660 g/mol. The van der Waals surface area contributed by atoms with Gasteiger partial charge in [0.2, 0.25) is 0 Å². The third-order valence-electron chi connectivity index (χ3n) is 11.2. The molecule has 3 heterocycles. The second kappa shape index (κ2) is 10.3. The Bertz CT molecular complexity index is 3290. The predicted molar refractivity (Wildman–Crippen MR) is 218 cm³/mol. The Hall–Kier alpha value is -6.97. The minimum Gasteiger partial charge on any atom is -0.309 e. The lowest BCUT2D eigenvalue weighted by Gasteiger charge is -2.11. The second-order valence-electron chi connectivity index (χ2n) is 14.0. The van der Waals surface area contributed by atoms with Crippen molar-refractivity contribution in [2.75, 3.05) is 0 Å². The fraction of sp³-hybridized carbons (Fsp3) is 0. The first-order valence-electron chi connectivity index (χ1n) is 17.9. The molecule has 0 atom stereocenters. The van der Waals surface area contributed by atoms with E-state index in [2.05, 4.69) is 185 Å². The molecular formula is C49H29N3. The summed E-state index contributed by atoms with van der Waals surface area (Å²) in [6.45, 7) is 0. The molecule has 3 aromatic heterocycles. The van der Waals surface area contributed by atoms with Crippen LogP contribution in [0.5, 0.6) is 0 Å². The summed E-state index contributed by atoms with van der Waals surface area (Å²) in [6.07, 6.45) is 0. The maximum Gasteiger partial charge on any atom is 0.138 e. The van der Waals surface area contributed by atoms with E-state index in [1.807, 2.05) is 0 Å². The van der Waals surface area contributed by atoms with E-state index in [1.54, 1.807) is 0 Å². The fourth-order valence-electron chi connectivity index (χ4n) is 8.92. The summed E-state index contributed by atoms with van der Waals surface area (Å²) in [5.74, 6) is 0.944. The molecule has 0 N–H and O–H groups in total. The summed E-state index contributed by atoms with van der Waals surface area (Å²) >= 11 is 0. The van der Waals surface area contributed by atoms with Gasteiger partial charge in [0.25, 0.3) is 0 Å². The number of rotatable bonds is 3. The number of nitrogens with zero attached hydrogens (tertiary/aromatic N) is 3. The van der Waals surface area contributed by atoms with Crippen molar-refractivity contribution in [1.82, 2.24) is 14.1 Å². The topological polar surface area (TPSA) is 22.8 Å². The molecule has 1 aliphatic carbocycles. The molecule has 240 valence electrons. The SMILES string of the molecule is c1ccc(-n2c3ccccc3c3cc4cc(-c5ccc6c(c5)c5ccccc5n6-c5cc6c7c(cccc7n5)-c5ccccc5-6)ccc4cc32)cc1. The molecule has 0 unspecified atom stereocenters. The molecule has 12 rings (SSSR count). The quantitative estimate of drug-likeness (QED) is 0.185. The van der Waals surface area contributed by atoms with Crippen LogP contribution in [0.1, 0.15) is 0 Å². The lowest BCUT2D eigenvalue weighted by atomic mass is 9.98. The maximum atomic E-state index is 5.31. The van der Waals surface area contributed by atoms with E-state index in [1.165, 1.54) is 87.8 Å². The standard InChI is InChI=1S/C49H29N3/c1-2-11-34(12-3-1)51-44-19-8-6-16-38(44)41-27-33-25-30(21-22-32(33)28-47(41)51)31-23-24-46-40(26-31)37-15-7-9-20-45(37)52(46)48-29-42-36-14-5-4-13-35(36)39-17-10-18-43(50-48)49(39)42/h1-29H. The van der Waals surface area contributed by atoms with Gasteiger partial charge in [-0.3, -0.25) is 4.57 Å². The number of para-hydroxylation sites is 3. The van der Waals surface area contributed by atoms with Crippen LogP contribution in [0.15, 0.2) is 176 Å². The van der Waals surface area contributed by atoms with Crippen molar-refractivity contribution in [3.8, 4) is 44.9 Å². The van der Waals surface area contributed by atoms with Crippen LogP contribution in [0.3, 0.4) is 0 Å². The second-order valence-corrected chi connectivity index (χ2v) is 14.0. The molecule has 0 saturated carbocycles. The third kappa shape index (κ3) is 3.77. The van der Waals surface area contributed by atoms with Crippen molar-refractivity contribution in [2.24, 2.45) is 0 Å². The van der Waals surface area contributed by atoms with Crippen molar-refractivity contribution in [3.63, 3.8) is 0 Å². The van der Waals surface area contributed by atoms with Crippen LogP contribution in [0.4, 0.5) is 0 Å².